The highest BCUT2D eigenvalue weighted by Crippen LogP contribution is 2.22. The summed E-state index contributed by atoms with van der Waals surface area (Å²) in [7, 11) is 0. The van der Waals surface area contributed by atoms with Gasteiger partial charge in [0.2, 0.25) is 0 Å². The second-order valence-electron chi connectivity index (χ2n) is 7.34. The number of rotatable bonds is 6. The molecule has 0 spiro atoms. The van der Waals surface area contributed by atoms with E-state index in [-0.39, 0.29) is 17.5 Å². The van der Waals surface area contributed by atoms with Gasteiger partial charge in [0, 0.05) is 41.3 Å². The van der Waals surface area contributed by atoms with Crippen molar-refractivity contribution in [3.05, 3.63) is 94.7 Å². The van der Waals surface area contributed by atoms with Crippen molar-refractivity contribution in [3.8, 4) is 0 Å². The molecule has 0 aliphatic heterocycles. The Morgan fingerprint density at radius 1 is 1.09 bits per heavy atom. The minimum absolute atomic E-state index is 0.0245. The Morgan fingerprint density at radius 3 is 2.72 bits per heavy atom. The van der Waals surface area contributed by atoms with Gasteiger partial charge in [-0.25, -0.2) is 9.37 Å². The van der Waals surface area contributed by atoms with Crippen LogP contribution in [0.3, 0.4) is 0 Å². The predicted octanol–water partition coefficient (Wildman–Crippen LogP) is 4.94. The molecule has 1 amide bonds. The number of aliphatic hydroxyl groups is 1. The van der Waals surface area contributed by atoms with E-state index in [1.54, 1.807) is 24.5 Å². The number of aryl methyl sites for hydroxylation is 1. The van der Waals surface area contributed by atoms with E-state index < -0.39 is 11.9 Å². The summed E-state index contributed by atoms with van der Waals surface area (Å²) >= 11 is 5.67. The van der Waals surface area contributed by atoms with Crippen LogP contribution in [0, 0.1) is 12.7 Å². The zero-order chi connectivity index (χ0) is 22.7. The first-order valence-corrected chi connectivity index (χ1v) is 10.3. The van der Waals surface area contributed by atoms with E-state index in [4.69, 9.17) is 11.6 Å². The van der Waals surface area contributed by atoms with Crippen LogP contribution in [0.1, 0.15) is 27.7 Å². The fourth-order valence-corrected chi connectivity index (χ4v) is 3.37. The van der Waals surface area contributed by atoms with Crippen molar-refractivity contribution >= 4 is 39.8 Å². The Labute approximate surface area is 189 Å². The Hall–Kier alpha value is -3.55. The number of amides is 1. The van der Waals surface area contributed by atoms with Crippen molar-refractivity contribution in [2.75, 3.05) is 11.9 Å². The summed E-state index contributed by atoms with van der Waals surface area (Å²) < 4.78 is 13.6. The molecule has 0 radical (unpaired) electrons. The molecule has 0 saturated heterocycles. The smallest absolute Gasteiger partial charge is 0.251 e. The van der Waals surface area contributed by atoms with Crippen LogP contribution in [-0.2, 0) is 0 Å². The van der Waals surface area contributed by atoms with Crippen LogP contribution < -0.4 is 10.6 Å². The fraction of sp³-hybridized carbons (Fsp3) is 0.125. The molecule has 0 fully saturated rings. The lowest BCUT2D eigenvalue weighted by atomic mass is 10.1. The summed E-state index contributed by atoms with van der Waals surface area (Å²) in [5, 5.41) is 17.8. The number of aliphatic hydroxyl groups excluding tert-OH is 1. The van der Waals surface area contributed by atoms with E-state index in [0.717, 1.165) is 28.2 Å². The van der Waals surface area contributed by atoms with Crippen molar-refractivity contribution in [2.24, 2.45) is 0 Å². The number of fused-ring (bicyclic) bond motifs is 1. The lowest BCUT2D eigenvalue weighted by molar-refractivity contribution is 0.0916. The summed E-state index contributed by atoms with van der Waals surface area (Å²) in [6.45, 7) is 1.84. The molecule has 4 aromatic rings. The number of nitrogens with zero attached hydrogens (tertiary/aromatic N) is 2. The van der Waals surface area contributed by atoms with Crippen molar-refractivity contribution in [3.63, 3.8) is 0 Å². The molecule has 162 valence electrons. The van der Waals surface area contributed by atoms with Crippen molar-refractivity contribution in [2.45, 2.75) is 13.0 Å². The molecule has 0 bridgehead atoms. The molecule has 0 saturated carbocycles. The number of pyridine rings is 2. The van der Waals surface area contributed by atoms with Gasteiger partial charge in [0.1, 0.15) is 11.6 Å². The lowest BCUT2D eigenvalue weighted by Gasteiger charge is -2.13. The second kappa shape index (κ2) is 9.30. The summed E-state index contributed by atoms with van der Waals surface area (Å²) in [6.07, 6.45) is 2.38. The summed E-state index contributed by atoms with van der Waals surface area (Å²) in [5.74, 6) is -0.332. The topological polar surface area (TPSA) is 87.1 Å². The number of hydrogen-bond acceptors (Lipinski definition) is 5. The molecular formula is C24H20ClFN4O2. The molecule has 2 aromatic carbocycles. The minimum atomic E-state index is -1.06. The average Bonchev–Trinajstić information content (AvgIpc) is 2.78. The molecule has 0 aliphatic rings. The molecule has 8 heteroatoms. The van der Waals surface area contributed by atoms with E-state index >= 15 is 0 Å². The van der Waals surface area contributed by atoms with Crippen LogP contribution in [0.25, 0.3) is 10.8 Å². The van der Waals surface area contributed by atoms with Crippen LogP contribution in [0.15, 0.2) is 67.0 Å². The summed E-state index contributed by atoms with van der Waals surface area (Å²) in [6, 6.07) is 14.9. The number of hydrogen-bond donors (Lipinski definition) is 3. The third-order valence-corrected chi connectivity index (χ3v) is 5.24. The van der Waals surface area contributed by atoms with E-state index in [9.17, 15) is 14.3 Å². The normalized spacial score (nSPS) is 11.9. The maximum absolute atomic E-state index is 13.6. The molecule has 3 N–H and O–H groups in total. The number of halogens is 2. The number of nitrogens with one attached hydrogen (secondary N) is 2. The number of carbonyl (C=O) groups excluding carboxylic acids is 1. The predicted molar refractivity (Wildman–Crippen MR) is 123 cm³/mol. The highest BCUT2D eigenvalue weighted by atomic mass is 35.5. The molecule has 32 heavy (non-hydrogen) atoms. The lowest BCUT2D eigenvalue weighted by Crippen LogP contribution is -2.28. The van der Waals surface area contributed by atoms with Crippen LogP contribution >= 0.6 is 11.6 Å². The standard InChI is InChI=1S/C24H20ClFN4O2/c1-14-8-19(6-7-27-14)30-23-11-18-9-16(2-3-17(18)12-28-23)24(32)29-13-22(31)15-4-5-20(25)21(26)10-15/h2-12,22,31H,13H2,1H3,(H,29,32)(H,27,28,30). The average molecular weight is 451 g/mol. The molecule has 0 aliphatic carbocycles. The van der Waals surface area contributed by atoms with Crippen LogP contribution in [-0.4, -0.2) is 27.5 Å². The highest BCUT2D eigenvalue weighted by molar-refractivity contribution is 6.30. The molecule has 1 unspecified atom stereocenters. The molecule has 6 nitrogen and oxygen atoms in total. The maximum atomic E-state index is 13.6. The van der Waals surface area contributed by atoms with Gasteiger partial charge in [0.25, 0.3) is 5.91 Å². The van der Waals surface area contributed by atoms with Gasteiger partial charge in [0.05, 0.1) is 11.1 Å². The molecule has 4 rings (SSSR count). The van der Waals surface area contributed by atoms with Gasteiger partial charge in [-0.1, -0.05) is 23.7 Å². The van der Waals surface area contributed by atoms with Crippen molar-refractivity contribution in [1.82, 2.24) is 15.3 Å². The van der Waals surface area contributed by atoms with E-state index in [1.165, 1.54) is 12.1 Å². The van der Waals surface area contributed by atoms with Crippen LogP contribution in [0.4, 0.5) is 15.9 Å². The number of anilines is 2. The Bertz CT molecular complexity index is 1300. The third kappa shape index (κ3) is 5.01. The largest absolute Gasteiger partial charge is 0.387 e. The SMILES string of the molecule is Cc1cc(Nc2cc3cc(C(=O)NCC(O)c4ccc(Cl)c(F)c4)ccc3cn2)ccn1. The van der Waals surface area contributed by atoms with Gasteiger partial charge >= 0.3 is 0 Å². The highest BCUT2D eigenvalue weighted by Gasteiger charge is 2.13. The number of carbonyl (C=O) groups is 1. The zero-order valence-corrected chi connectivity index (χ0v) is 17.9. The van der Waals surface area contributed by atoms with E-state index in [0.29, 0.717) is 16.9 Å². The van der Waals surface area contributed by atoms with Crippen LogP contribution in [0.2, 0.25) is 5.02 Å². The summed E-state index contributed by atoms with van der Waals surface area (Å²) in [4.78, 5) is 21.2. The second-order valence-corrected chi connectivity index (χ2v) is 7.75. The first-order chi connectivity index (χ1) is 15.4. The monoisotopic (exact) mass is 450 g/mol. The van der Waals surface area contributed by atoms with E-state index in [1.807, 2.05) is 31.2 Å². The number of aromatic nitrogens is 2. The minimum Gasteiger partial charge on any atom is -0.387 e. The molecule has 1 atom stereocenters. The Morgan fingerprint density at radius 2 is 1.94 bits per heavy atom. The quantitative estimate of drug-likeness (QED) is 0.387. The van der Waals surface area contributed by atoms with Crippen molar-refractivity contribution < 1.29 is 14.3 Å². The number of benzene rings is 2. The van der Waals surface area contributed by atoms with E-state index in [2.05, 4.69) is 20.6 Å². The van der Waals surface area contributed by atoms with Gasteiger partial charge in [-0.3, -0.25) is 9.78 Å². The van der Waals surface area contributed by atoms with Gasteiger partial charge in [-0.05, 0) is 60.3 Å². The van der Waals surface area contributed by atoms with Gasteiger partial charge < -0.3 is 15.7 Å². The Kier molecular flexibility index (Phi) is 6.30. The maximum Gasteiger partial charge on any atom is 0.251 e. The zero-order valence-electron chi connectivity index (χ0n) is 17.1. The fourth-order valence-electron chi connectivity index (χ4n) is 3.25. The Balaban J connectivity index is 1.47. The van der Waals surface area contributed by atoms with Gasteiger partial charge in [0.15, 0.2) is 0 Å². The molecular weight excluding hydrogens is 431 g/mol. The summed E-state index contributed by atoms with van der Waals surface area (Å²) in [5.41, 5.74) is 2.52. The third-order valence-electron chi connectivity index (χ3n) is 4.94. The van der Waals surface area contributed by atoms with Crippen molar-refractivity contribution in [1.29, 1.82) is 0 Å². The molecule has 2 aromatic heterocycles. The molecule has 2 heterocycles. The first kappa shape index (κ1) is 21.7. The first-order valence-electron chi connectivity index (χ1n) is 9.90. The van der Waals surface area contributed by atoms with Gasteiger partial charge in [-0.15, -0.1) is 0 Å². The van der Waals surface area contributed by atoms with Crippen LogP contribution in [0.5, 0.6) is 0 Å². The van der Waals surface area contributed by atoms with Gasteiger partial charge in [-0.2, -0.15) is 0 Å².